The van der Waals surface area contributed by atoms with E-state index in [0.29, 0.717) is 33.0 Å². The van der Waals surface area contributed by atoms with Crippen LogP contribution in [0.2, 0.25) is 0 Å². The maximum absolute atomic E-state index is 13.2. The second-order valence-corrected chi connectivity index (χ2v) is 8.08. The molecule has 36 heavy (non-hydrogen) atoms. The standard InChI is InChI=1S/C25H12N4O7/c30-24-17-6-2-1-5-16(17)21-20-12(4-3-7-18(20)24)8-19-22(21)23(25(31)36-19)27-26-13-9-14(28(32)33)11-15(10-13)29(34)35/h1-11,31H. The first kappa shape index (κ1) is 21.1. The molecular weight excluding hydrogens is 468 g/mol. The molecule has 0 unspecified atom stereocenters. The first-order valence-electron chi connectivity index (χ1n) is 10.5. The molecule has 0 atom stereocenters. The first-order valence-corrected chi connectivity index (χ1v) is 10.5. The van der Waals surface area contributed by atoms with Crippen LogP contribution in [0.1, 0.15) is 15.9 Å². The number of nitrogens with zero attached hydrogens (tertiary/aromatic N) is 4. The number of hydrogen-bond donors (Lipinski definition) is 1. The lowest BCUT2D eigenvalue weighted by Gasteiger charge is -2.20. The summed E-state index contributed by atoms with van der Waals surface area (Å²) in [6.07, 6.45) is 0. The highest BCUT2D eigenvalue weighted by molar-refractivity contribution is 6.30. The van der Waals surface area contributed by atoms with Gasteiger partial charge in [-0.2, -0.15) is 0 Å². The number of benzene rings is 4. The number of non-ortho nitro benzene ring substituents is 2. The Kier molecular flexibility index (Phi) is 4.42. The van der Waals surface area contributed by atoms with Gasteiger partial charge in [0.1, 0.15) is 5.58 Å². The average molecular weight is 480 g/mol. The summed E-state index contributed by atoms with van der Waals surface area (Å²) >= 11 is 0. The number of carbonyl (C=O) groups is 1. The van der Waals surface area contributed by atoms with Crippen LogP contribution in [0.3, 0.4) is 0 Å². The molecule has 11 nitrogen and oxygen atoms in total. The maximum Gasteiger partial charge on any atom is 0.312 e. The van der Waals surface area contributed by atoms with Crippen LogP contribution >= 0.6 is 0 Å². The maximum atomic E-state index is 13.2. The molecule has 1 aliphatic rings. The third-order valence-electron chi connectivity index (χ3n) is 6.04. The second kappa shape index (κ2) is 7.53. The molecule has 0 saturated heterocycles. The van der Waals surface area contributed by atoms with E-state index in [4.69, 9.17) is 4.42 Å². The molecule has 0 bridgehead atoms. The van der Waals surface area contributed by atoms with Crippen molar-refractivity contribution in [2.24, 2.45) is 10.2 Å². The van der Waals surface area contributed by atoms with Crippen molar-refractivity contribution >= 4 is 50.3 Å². The smallest absolute Gasteiger partial charge is 0.312 e. The molecule has 1 aromatic heterocycles. The predicted molar refractivity (Wildman–Crippen MR) is 128 cm³/mol. The second-order valence-electron chi connectivity index (χ2n) is 8.08. The minimum atomic E-state index is -0.775. The van der Waals surface area contributed by atoms with Gasteiger partial charge in [-0.15, -0.1) is 10.2 Å². The van der Waals surface area contributed by atoms with Gasteiger partial charge in [0.2, 0.25) is 0 Å². The van der Waals surface area contributed by atoms with Gasteiger partial charge >= 0.3 is 5.95 Å². The van der Waals surface area contributed by atoms with Gasteiger partial charge in [0.05, 0.1) is 27.0 Å². The molecule has 1 aliphatic carbocycles. The molecule has 0 spiro atoms. The lowest BCUT2D eigenvalue weighted by Crippen LogP contribution is -2.09. The number of hydrogen-bond acceptors (Lipinski definition) is 9. The number of fused-ring (bicyclic) bond motifs is 4. The summed E-state index contributed by atoms with van der Waals surface area (Å²) in [4.78, 5) is 34.0. The summed E-state index contributed by atoms with van der Waals surface area (Å²) in [6, 6.07) is 16.9. The number of furan rings is 1. The van der Waals surface area contributed by atoms with Crippen LogP contribution in [0, 0.1) is 20.2 Å². The quantitative estimate of drug-likeness (QED) is 0.166. The molecule has 0 aliphatic heterocycles. The Balaban J connectivity index is 1.64. The number of nitro benzene ring substituents is 2. The summed E-state index contributed by atoms with van der Waals surface area (Å²) in [5.41, 5.74) is 1.20. The zero-order valence-corrected chi connectivity index (χ0v) is 18.0. The molecule has 6 rings (SSSR count). The fourth-order valence-corrected chi connectivity index (χ4v) is 4.56. The van der Waals surface area contributed by atoms with E-state index in [1.807, 2.05) is 6.07 Å². The topological polar surface area (TPSA) is 161 Å². The van der Waals surface area contributed by atoms with Crippen molar-refractivity contribution < 1.29 is 24.2 Å². The zero-order chi connectivity index (χ0) is 25.1. The third-order valence-corrected chi connectivity index (χ3v) is 6.04. The largest absolute Gasteiger partial charge is 0.479 e. The Hall–Kier alpha value is -5.45. The van der Waals surface area contributed by atoms with E-state index < -0.39 is 27.2 Å². The van der Waals surface area contributed by atoms with Crippen molar-refractivity contribution in [1.29, 1.82) is 0 Å². The lowest BCUT2D eigenvalue weighted by molar-refractivity contribution is -0.394. The fourth-order valence-electron chi connectivity index (χ4n) is 4.56. The summed E-state index contributed by atoms with van der Waals surface area (Å²) in [7, 11) is 0. The van der Waals surface area contributed by atoms with E-state index >= 15 is 0 Å². The van der Waals surface area contributed by atoms with Crippen LogP contribution in [-0.2, 0) is 0 Å². The van der Waals surface area contributed by atoms with Crippen LogP contribution in [0.5, 0.6) is 5.95 Å². The monoisotopic (exact) mass is 480 g/mol. The van der Waals surface area contributed by atoms with E-state index in [9.17, 15) is 30.1 Å². The number of nitro groups is 2. The minimum absolute atomic E-state index is 0.0741. The Labute approximate surface area is 200 Å². The first-order chi connectivity index (χ1) is 17.3. The number of rotatable bonds is 4. The van der Waals surface area contributed by atoms with Crippen LogP contribution in [0.25, 0.3) is 32.9 Å². The highest BCUT2D eigenvalue weighted by atomic mass is 16.6. The Morgan fingerprint density at radius 1 is 0.778 bits per heavy atom. The van der Waals surface area contributed by atoms with E-state index in [2.05, 4.69) is 10.2 Å². The SMILES string of the molecule is O=C1c2ccccc2-c2c3c1cccc3cc1oc(O)c(N=Nc3cc([N+](=O)[O-])cc([N+](=O)[O-])c3)c21. The molecule has 0 saturated carbocycles. The van der Waals surface area contributed by atoms with E-state index in [-0.39, 0.29) is 22.7 Å². The van der Waals surface area contributed by atoms with Crippen molar-refractivity contribution in [3.05, 3.63) is 98.1 Å². The molecule has 1 heterocycles. The average Bonchev–Trinajstić information content (AvgIpc) is 3.19. The third kappa shape index (κ3) is 3.03. The van der Waals surface area contributed by atoms with Crippen molar-refractivity contribution in [3.8, 4) is 17.1 Å². The van der Waals surface area contributed by atoms with Gasteiger partial charge in [-0.1, -0.05) is 42.5 Å². The summed E-state index contributed by atoms with van der Waals surface area (Å²) in [5, 5.41) is 42.8. The fraction of sp³-hybridized carbons (Fsp3) is 0. The van der Waals surface area contributed by atoms with Crippen molar-refractivity contribution in [3.63, 3.8) is 0 Å². The van der Waals surface area contributed by atoms with Crippen LogP contribution < -0.4 is 0 Å². The van der Waals surface area contributed by atoms with Gasteiger partial charge in [-0.3, -0.25) is 25.0 Å². The van der Waals surface area contributed by atoms with Gasteiger partial charge in [0.15, 0.2) is 11.5 Å². The van der Waals surface area contributed by atoms with Crippen LogP contribution in [0.4, 0.5) is 22.7 Å². The molecule has 11 heteroatoms. The molecule has 0 radical (unpaired) electrons. The number of ketones is 1. The highest BCUT2D eigenvalue weighted by Crippen LogP contribution is 2.50. The molecule has 0 fully saturated rings. The Morgan fingerprint density at radius 2 is 1.44 bits per heavy atom. The Morgan fingerprint density at radius 3 is 2.14 bits per heavy atom. The van der Waals surface area contributed by atoms with Gasteiger partial charge in [0, 0.05) is 34.2 Å². The van der Waals surface area contributed by atoms with Gasteiger partial charge in [-0.25, -0.2) is 0 Å². The highest BCUT2D eigenvalue weighted by Gasteiger charge is 2.30. The number of azo groups is 1. The number of aromatic hydroxyl groups is 1. The predicted octanol–water partition coefficient (Wildman–Crippen LogP) is 6.73. The van der Waals surface area contributed by atoms with Crippen molar-refractivity contribution in [2.75, 3.05) is 0 Å². The van der Waals surface area contributed by atoms with Crippen LogP contribution in [0.15, 0.2) is 81.4 Å². The van der Waals surface area contributed by atoms with Gasteiger partial charge < -0.3 is 9.52 Å². The lowest BCUT2D eigenvalue weighted by atomic mass is 9.81. The summed E-state index contributed by atoms with van der Waals surface area (Å²) < 4.78 is 5.57. The van der Waals surface area contributed by atoms with E-state index in [0.717, 1.165) is 23.6 Å². The van der Waals surface area contributed by atoms with E-state index in [1.54, 1.807) is 42.5 Å². The summed E-state index contributed by atoms with van der Waals surface area (Å²) in [5.74, 6) is -0.695. The molecule has 4 aromatic carbocycles. The normalized spacial score (nSPS) is 12.4. The van der Waals surface area contributed by atoms with Crippen molar-refractivity contribution in [1.82, 2.24) is 0 Å². The van der Waals surface area contributed by atoms with Gasteiger partial charge in [0.25, 0.3) is 11.4 Å². The molecular formula is C25H12N4O7. The molecule has 174 valence electrons. The minimum Gasteiger partial charge on any atom is -0.479 e. The molecule has 5 aromatic rings. The van der Waals surface area contributed by atoms with Gasteiger partial charge in [-0.05, 0) is 17.0 Å². The number of carbonyl (C=O) groups excluding carboxylic acids is 1. The zero-order valence-electron chi connectivity index (χ0n) is 18.0. The van der Waals surface area contributed by atoms with Crippen molar-refractivity contribution in [2.45, 2.75) is 0 Å². The molecule has 1 N–H and O–H groups in total. The van der Waals surface area contributed by atoms with E-state index in [1.165, 1.54) is 0 Å². The molecule has 0 amide bonds. The van der Waals surface area contributed by atoms with Crippen LogP contribution in [-0.4, -0.2) is 20.7 Å². The summed E-state index contributed by atoms with van der Waals surface area (Å²) in [6.45, 7) is 0. The Bertz CT molecular complexity index is 1810.